The van der Waals surface area contributed by atoms with Crippen LogP contribution in [0.2, 0.25) is 10.0 Å². The van der Waals surface area contributed by atoms with Crippen molar-refractivity contribution >= 4 is 23.2 Å². The fourth-order valence-corrected chi connectivity index (χ4v) is 2.57. The molecule has 0 aliphatic heterocycles. The van der Waals surface area contributed by atoms with Crippen LogP contribution in [0.1, 0.15) is 16.8 Å². The van der Waals surface area contributed by atoms with Gasteiger partial charge in [0.05, 0.1) is 18.2 Å². The zero-order valence-electron chi connectivity index (χ0n) is 10.9. The van der Waals surface area contributed by atoms with Crippen molar-refractivity contribution in [1.82, 2.24) is 9.97 Å². The zero-order chi connectivity index (χ0) is 14.9. The van der Waals surface area contributed by atoms with Crippen LogP contribution in [0, 0.1) is 0 Å². The van der Waals surface area contributed by atoms with E-state index < -0.39 is 5.60 Å². The van der Waals surface area contributed by atoms with E-state index in [4.69, 9.17) is 23.2 Å². The van der Waals surface area contributed by atoms with Gasteiger partial charge in [0.2, 0.25) is 0 Å². The molecule has 2 aromatic carbocycles. The van der Waals surface area contributed by atoms with E-state index in [1.807, 2.05) is 0 Å². The number of aliphatic hydroxyl groups is 1. The normalized spacial score (nSPS) is 11.6. The molecule has 1 heterocycles. The fourth-order valence-electron chi connectivity index (χ4n) is 2.31. The molecule has 1 aromatic heterocycles. The lowest BCUT2D eigenvalue weighted by Gasteiger charge is -2.28. The highest BCUT2D eigenvalue weighted by atomic mass is 35.5. The van der Waals surface area contributed by atoms with E-state index in [0.717, 1.165) is 0 Å². The lowest BCUT2D eigenvalue weighted by atomic mass is 9.84. The third kappa shape index (κ3) is 2.56. The second kappa shape index (κ2) is 5.53. The molecule has 2 N–H and O–H groups in total. The molecule has 0 saturated heterocycles. The Morgan fingerprint density at radius 1 is 0.857 bits per heavy atom. The summed E-state index contributed by atoms with van der Waals surface area (Å²) < 4.78 is 0. The first-order chi connectivity index (χ1) is 10.1. The van der Waals surface area contributed by atoms with Gasteiger partial charge >= 0.3 is 0 Å². The summed E-state index contributed by atoms with van der Waals surface area (Å²) in [4.78, 5) is 6.98. The number of aromatic amines is 1. The highest BCUT2D eigenvalue weighted by Crippen LogP contribution is 2.36. The molecule has 0 radical (unpaired) electrons. The quantitative estimate of drug-likeness (QED) is 0.766. The van der Waals surface area contributed by atoms with E-state index >= 15 is 0 Å². The molecular formula is C16H12Cl2N2O. The molecule has 0 aliphatic rings. The molecule has 0 amide bonds. The van der Waals surface area contributed by atoms with E-state index in [-0.39, 0.29) is 0 Å². The van der Waals surface area contributed by atoms with Crippen LogP contribution in [0.25, 0.3) is 0 Å². The molecule has 0 spiro atoms. The van der Waals surface area contributed by atoms with Crippen LogP contribution in [0.3, 0.4) is 0 Å². The van der Waals surface area contributed by atoms with Crippen LogP contribution in [-0.2, 0) is 5.60 Å². The lowest BCUT2D eigenvalue weighted by Crippen LogP contribution is -2.29. The van der Waals surface area contributed by atoms with E-state index in [0.29, 0.717) is 26.9 Å². The maximum absolute atomic E-state index is 11.3. The summed E-state index contributed by atoms with van der Waals surface area (Å²) in [6.07, 6.45) is 3.13. The Morgan fingerprint density at radius 2 is 1.33 bits per heavy atom. The van der Waals surface area contributed by atoms with Crippen LogP contribution < -0.4 is 0 Å². The minimum Gasteiger partial charge on any atom is -0.374 e. The van der Waals surface area contributed by atoms with Crippen molar-refractivity contribution in [3.8, 4) is 0 Å². The molecule has 3 rings (SSSR count). The Hall–Kier alpha value is -1.81. The summed E-state index contributed by atoms with van der Waals surface area (Å²) in [5.41, 5.74) is 0.621. The first kappa shape index (κ1) is 14.1. The minimum absolute atomic E-state index is 0.576. The van der Waals surface area contributed by atoms with E-state index in [2.05, 4.69) is 9.97 Å². The molecule has 5 heteroatoms. The Labute approximate surface area is 132 Å². The van der Waals surface area contributed by atoms with Gasteiger partial charge in [0.15, 0.2) is 5.60 Å². The van der Waals surface area contributed by atoms with Crippen LogP contribution in [0.5, 0.6) is 0 Å². The second-order valence-electron chi connectivity index (χ2n) is 4.69. The monoisotopic (exact) mass is 318 g/mol. The SMILES string of the molecule is OC(c1ccc(Cl)cc1)(c1ccc(Cl)cc1)c1cnc[nH]1. The van der Waals surface area contributed by atoms with Gasteiger partial charge in [-0.1, -0.05) is 47.5 Å². The zero-order valence-corrected chi connectivity index (χ0v) is 12.4. The molecule has 0 aliphatic carbocycles. The van der Waals surface area contributed by atoms with Gasteiger partial charge in [-0.3, -0.25) is 0 Å². The number of nitrogens with one attached hydrogen (secondary N) is 1. The predicted molar refractivity (Wildman–Crippen MR) is 83.6 cm³/mol. The van der Waals surface area contributed by atoms with E-state index in [9.17, 15) is 5.11 Å². The Bertz CT molecular complexity index is 676. The molecule has 106 valence electrons. The third-order valence-electron chi connectivity index (χ3n) is 3.41. The van der Waals surface area contributed by atoms with E-state index in [1.165, 1.54) is 6.33 Å². The summed E-state index contributed by atoms with van der Waals surface area (Å²) >= 11 is 11.9. The van der Waals surface area contributed by atoms with Gasteiger partial charge in [-0.25, -0.2) is 4.98 Å². The van der Waals surface area contributed by atoms with E-state index in [1.54, 1.807) is 54.7 Å². The van der Waals surface area contributed by atoms with Crippen molar-refractivity contribution in [3.63, 3.8) is 0 Å². The number of imidazole rings is 1. The number of halogens is 2. The van der Waals surface area contributed by atoms with Gasteiger partial charge < -0.3 is 10.1 Å². The van der Waals surface area contributed by atoms with Gasteiger partial charge in [-0.2, -0.15) is 0 Å². The van der Waals surface area contributed by atoms with Crippen molar-refractivity contribution < 1.29 is 5.11 Å². The molecule has 3 nitrogen and oxygen atoms in total. The van der Waals surface area contributed by atoms with Crippen LogP contribution in [0.15, 0.2) is 61.1 Å². The summed E-state index contributed by atoms with van der Waals surface area (Å²) in [5.74, 6) is 0. The molecule has 3 aromatic rings. The minimum atomic E-state index is -1.34. The van der Waals surface area contributed by atoms with Crippen molar-refractivity contribution in [2.45, 2.75) is 5.60 Å². The maximum Gasteiger partial charge on any atom is 0.156 e. The van der Waals surface area contributed by atoms with Crippen LogP contribution in [-0.4, -0.2) is 15.1 Å². The summed E-state index contributed by atoms with van der Waals surface area (Å²) in [6, 6.07) is 14.1. The number of benzene rings is 2. The lowest BCUT2D eigenvalue weighted by molar-refractivity contribution is 0.121. The van der Waals surface area contributed by atoms with Crippen molar-refractivity contribution in [3.05, 3.63) is 87.9 Å². The van der Waals surface area contributed by atoms with Crippen molar-refractivity contribution in [2.24, 2.45) is 0 Å². The Morgan fingerprint density at radius 3 is 1.71 bits per heavy atom. The number of aromatic nitrogens is 2. The second-order valence-corrected chi connectivity index (χ2v) is 5.56. The summed E-state index contributed by atoms with van der Waals surface area (Å²) in [5, 5.41) is 12.6. The van der Waals surface area contributed by atoms with Crippen LogP contribution >= 0.6 is 23.2 Å². The average Bonchev–Trinajstić information content (AvgIpc) is 3.02. The van der Waals surface area contributed by atoms with Crippen molar-refractivity contribution in [2.75, 3.05) is 0 Å². The highest BCUT2D eigenvalue weighted by Gasteiger charge is 2.35. The molecule has 21 heavy (non-hydrogen) atoms. The molecule has 0 unspecified atom stereocenters. The highest BCUT2D eigenvalue weighted by molar-refractivity contribution is 6.30. The van der Waals surface area contributed by atoms with Gasteiger partial charge in [-0.15, -0.1) is 0 Å². The third-order valence-corrected chi connectivity index (χ3v) is 3.92. The first-order valence-corrected chi connectivity index (χ1v) is 7.09. The standard InChI is InChI=1S/C16H12Cl2N2O/c17-13-5-1-11(2-6-13)16(21,15-9-19-10-20-15)12-3-7-14(18)8-4-12/h1-10,21H,(H,19,20). The predicted octanol–water partition coefficient (Wildman–Crippen LogP) is 4.00. The first-order valence-electron chi connectivity index (χ1n) is 6.34. The number of H-pyrrole nitrogens is 1. The molecule has 0 fully saturated rings. The van der Waals surface area contributed by atoms with Gasteiger partial charge in [0.25, 0.3) is 0 Å². The maximum atomic E-state index is 11.3. The molecule has 0 atom stereocenters. The molecule has 0 bridgehead atoms. The number of hydrogen-bond donors (Lipinski definition) is 2. The summed E-state index contributed by atoms with van der Waals surface area (Å²) in [6.45, 7) is 0. The number of nitrogens with zero attached hydrogens (tertiary/aromatic N) is 1. The summed E-state index contributed by atoms with van der Waals surface area (Å²) in [7, 11) is 0. The topological polar surface area (TPSA) is 48.9 Å². The van der Waals surface area contributed by atoms with Gasteiger partial charge in [0.1, 0.15) is 0 Å². The van der Waals surface area contributed by atoms with Gasteiger partial charge in [-0.05, 0) is 35.4 Å². The number of rotatable bonds is 3. The largest absolute Gasteiger partial charge is 0.374 e. The van der Waals surface area contributed by atoms with Crippen molar-refractivity contribution in [1.29, 1.82) is 0 Å². The fraction of sp³-hybridized carbons (Fsp3) is 0.0625. The smallest absolute Gasteiger partial charge is 0.156 e. The van der Waals surface area contributed by atoms with Crippen LogP contribution in [0.4, 0.5) is 0 Å². The number of hydrogen-bond acceptors (Lipinski definition) is 2. The van der Waals surface area contributed by atoms with Gasteiger partial charge in [0, 0.05) is 10.0 Å². The molecule has 0 saturated carbocycles. The Kier molecular flexibility index (Phi) is 3.72. The average molecular weight is 319 g/mol. The molecular weight excluding hydrogens is 307 g/mol. The Balaban J connectivity index is 2.20.